The molecule has 2 aromatic heterocycles. The van der Waals surface area contributed by atoms with E-state index >= 15 is 0 Å². The second-order valence-corrected chi connectivity index (χ2v) is 5.67. The third kappa shape index (κ3) is 2.74. The number of nitrogens with one attached hydrogen (secondary N) is 2. The maximum Gasteiger partial charge on any atom is 0.272 e. The Bertz CT molecular complexity index is 968. The summed E-state index contributed by atoms with van der Waals surface area (Å²) in [6.07, 6.45) is 1.79. The van der Waals surface area contributed by atoms with Crippen LogP contribution in [0.2, 0.25) is 0 Å². The van der Waals surface area contributed by atoms with Gasteiger partial charge in [0.05, 0.1) is 19.8 Å². The summed E-state index contributed by atoms with van der Waals surface area (Å²) in [5, 5.41) is 1.94. The Morgan fingerprint density at radius 3 is 2.91 bits per heavy atom. The number of ether oxygens (including phenoxy) is 1. The maximum absolute atomic E-state index is 12.0. The predicted octanol–water partition coefficient (Wildman–Crippen LogP) is 1.69. The Kier molecular flexibility index (Phi) is 3.62. The molecular formula is C18H17N3O2. The number of rotatable bonds is 1. The van der Waals surface area contributed by atoms with E-state index in [2.05, 4.69) is 26.7 Å². The Hall–Kier alpha value is -2.55. The molecule has 116 valence electrons. The van der Waals surface area contributed by atoms with Gasteiger partial charge in [-0.1, -0.05) is 11.8 Å². The highest BCUT2D eigenvalue weighted by atomic mass is 16.5. The number of aromatic nitrogens is 2. The molecule has 1 aliphatic heterocycles. The normalized spacial score (nSPS) is 15.7. The van der Waals surface area contributed by atoms with E-state index in [-0.39, 0.29) is 5.56 Å². The Balaban J connectivity index is 1.66. The standard InChI is InChI=1S/C18H17N3O2/c22-18-17-14(5-6-19-17)15-12-13(3-4-16(15)20-18)2-1-7-21-8-10-23-11-9-21/h3-6,12,19H,7-11H2,(H,20,22). The average molecular weight is 307 g/mol. The molecule has 0 spiro atoms. The largest absolute Gasteiger partial charge is 0.379 e. The lowest BCUT2D eigenvalue weighted by Crippen LogP contribution is -2.36. The van der Waals surface area contributed by atoms with E-state index in [1.54, 1.807) is 6.20 Å². The van der Waals surface area contributed by atoms with Crippen LogP contribution >= 0.6 is 0 Å². The first-order chi connectivity index (χ1) is 11.3. The minimum atomic E-state index is -0.0938. The van der Waals surface area contributed by atoms with E-state index in [4.69, 9.17) is 4.74 Å². The van der Waals surface area contributed by atoms with E-state index in [0.717, 1.165) is 54.7 Å². The molecule has 3 aromatic rings. The molecule has 5 nitrogen and oxygen atoms in total. The van der Waals surface area contributed by atoms with Crippen LogP contribution in [0.5, 0.6) is 0 Å². The third-order valence-electron chi connectivity index (χ3n) is 4.17. The number of morpholine rings is 1. The average Bonchev–Trinajstić information content (AvgIpc) is 3.07. The molecule has 1 saturated heterocycles. The van der Waals surface area contributed by atoms with E-state index in [9.17, 15) is 4.79 Å². The van der Waals surface area contributed by atoms with Gasteiger partial charge in [-0.05, 0) is 24.3 Å². The lowest BCUT2D eigenvalue weighted by molar-refractivity contribution is 0.0443. The van der Waals surface area contributed by atoms with Crippen LogP contribution in [0.4, 0.5) is 0 Å². The monoisotopic (exact) mass is 307 g/mol. The third-order valence-corrected chi connectivity index (χ3v) is 4.17. The van der Waals surface area contributed by atoms with Gasteiger partial charge in [0.25, 0.3) is 5.56 Å². The van der Waals surface area contributed by atoms with Gasteiger partial charge in [-0.25, -0.2) is 0 Å². The summed E-state index contributed by atoms with van der Waals surface area (Å²) < 4.78 is 5.33. The van der Waals surface area contributed by atoms with Crippen LogP contribution in [0.15, 0.2) is 35.3 Å². The van der Waals surface area contributed by atoms with Crippen molar-refractivity contribution in [1.82, 2.24) is 14.9 Å². The van der Waals surface area contributed by atoms with Crippen LogP contribution in [0.25, 0.3) is 21.8 Å². The van der Waals surface area contributed by atoms with Crippen molar-refractivity contribution in [2.45, 2.75) is 0 Å². The molecule has 23 heavy (non-hydrogen) atoms. The van der Waals surface area contributed by atoms with Crippen molar-refractivity contribution in [1.29, 1.82) is 0 Å². The summed E-state index contributed by atoms with van der Waals surface area (Å²) in [5.41, 5.74) is 2.31. The maximum atomic E-state index is 12.0. The van der Waals surface area contributed by atoms with Crippen molar-refractivity contribution in [2.24, 2.45) is 0 Å². The smallest absolute Gasteiger partial charge is 0.272 e. The van der Waals surface area contributed by atoms with E-state index in [0.29, 0.717) is 5.52 Å². The molecule has 0 aliphatic carbocycles. The predicted molar refractivity (Wildman–Crippen MR) is 90.6 cm³/mol. The van der Waals surface area contributed by atoms with Gasteiger partial charge in [-0.2, -0.15) is 0 Å². The highest BCUT2D eigenvalue weighted by Crippen LogP contribution is 2.21. The van der Waals surface area contributed by atoms with Gasteiger partial charge >= 0.3 is 0 Å². The molecule has 1 fully saturated rings. The number of fused-ring (bicyclic) bond motifs is 3. The van der Waals surface area contributed by atoms with E-state index in [1.807, 2.05) is 24.3 Å². The molecule has 3 heterocycles. The van der Waals surface area contributed by atoms with Crippen molar-refractivity contribution in [3.05, 3.63) is 46.4 Å². The second kappa shape index (κ2) is 5.92. The highest BCUT2D eigenvalue weighted by molar-refractivity contribution is 6.04. The summed E-state index contributed by atoms with van der Waals surface area (Å²) in [6.45, 7) is 4.22. The van der Waals surface area contributed by atoms with Crippen LogP contribution in [-0.2, 0) is 4.74 Å². The molecule has 1 aromatic carbocycles. The van der Waals surface area contributed by atoms with Gasteiger partial charge < -0.3 is 14.7 Å². The SMILES string of the molecule is O=c1[nH]c2ccc(C#CCN3CCOCC3)cc2c2cc[nH]c12. The zero-order valence-corrected chi connectivity index (χ0v) is 12.7. The summed E-state index contributed by atoms with van der Waals surface area (Å²) in [4.78, 5) is 20.1. The molecule has 0 saturated carbocycles. The molecule has 0 bridgehead atoms. The first-order valence-electron chi connectivity index (χ1n) is 7.73. The molecule has 2 N–H and O–H groups in total. The van der Waals surface area contributed by atoms with Gasteiger partial charge in [0.1, 0.15) is 5.52 Å². The van der Waals surface area contributed by atoms with Crippen molar-refractivity contribution in [3.8, 4) is 11.8 Å². The molecule has 0 atom stereocenters. The van der Waals surface area contributed by atoms with Crippen LogP contribution in [0.3, 0.4) is 0 Å². The number of aromatic amines is 2. The number of hydrogen-bond donors (Lipinski definition) is 2. The Morgan fingerprint density at radius 1 is 1.17 bits per heavy atom. The lowest BCUT2D eigenvalue weighted by Gasteiger charge is -2.24. The van der Waals surface area contributed by atoms with E-state index in [1.165, 1.54) is 0 Å². The fourth-order valence-electron chi connectivity index (χ4n) is 2.93. The molecule has 4 rings (SSSR count). The summed E-state index contributed by atoms with van der Waals surface area (Å²) in [7, 11) is 0. The van der Waals surface area contributed by atoms with Gasteiger partial charge in [0.2, 0.25) is 0 Å². The topological polar surface area (TPSA) is 61.1 Å². The van der Waals surface area contributed by atoms with Crippen molar-refractivity contribution in [2.75, 3.05) is 32.8 Å². The van der Waals surface area contributed by atoms with Gasteiger partial charge in [-0.15, -0.1) is 0 Å². The van der Waals surface area contributed by atoms with Crippen molar-refractivity contribution in [3.63, 3.8) is 0 Å². The number of benzene rings is 1. The van der Waals surface area contributed by atoms with E-state index < -0.39 is 0 Å². The van der Waals surface area contributed by atoms with Gasteiger partial charge in [0.15, 0.2) is 0 Å². The molecule has 0 radical (unpaired) electrons. The van der Waals surface area contributed by atoms with Crippen LogP contribution in [-0.4, -0.2) is 47.7 Å². The van der Waals surface area contributed by atoms with Crippen molar-refractivity contribution < 1.29 is 4.74 Å². The molecule has 0 amide bonds. The van der Waals surface area contributed by atoms with Crippen molar-refractivity contribution >= 4 is 21.8 Å². The van der Waals surface area contributed by atoms with Crippen LogP contribution in [0.1, 0.15) is 5.56 Å². The first kappa shape index (κ1) is 14.1. The van der Waals surface area contributed by atoms with Crippen LogP contribution in [0, 0.1) is 11.8 Å². The molecular weight excluding hydrogens is 290 g/mol. The first-order valence-corrected chi connectivity index (χ1v) is 7.73. The second-order valence-electron chi connectivity index (χ2n) is 5.67. The fourth-order valence-corrected chi connectivity index (χ4v) is 2.93. The van der Waals surface area contributed by atoms with Gasteiger partial charge in [-0.3, -0.25) is 9.69 Å². The zero-order valence-electron chi connectivity index (χ0n) is 12.7. The number of H-pyrrole nitrogens is 2. The minimum Gasteiger partial charge on any atom is -0.379 e. The quantitative estimate of drug-likeness (QED) is 0.673. The summed E-state index contributed by atoms with van der Waals surface area (Å²) >= 11 is 0. The molecule has 0 unspecified atom stereocenters. The minimum absolute atomic E-state index is 0.0938. The summed E-state index contributed by atoms with van der Waals surface area (Å²) in [5.74, 6) is 6.45. The van der Waals surface area contributed by atoms with Gasteiger partial charge in [0, 0.05) is 41.1 Å². The Labute approximate surface area is 133 Å². The number of hydrogen-bond acceptors (Lipinski definition) is 3. The summed E-state index contributed by atoms with van der Waals surface area (Å²) in [6, 6.07) is 7.83. The Morgan fingerprint density at radius 2 is 2.04 bits per heavy atom. The fraction of sp³-hybridized carbons (Fsp3) is 0.278. The number of pyridine rings is 1. The molecule has 5 heteroatoms. The van der Waals surface area contributed by atoms with Crippen LogP contribution < -0.4 is 5.56 Å². The highest BCUT2D eigenvalue weighted by Gasteiger charge is 2.08. The zero-order chi connectivity index (χ0) is 15.6. The number of nitrogens with zero attached hydrogens (tertiary/aromatic N) is 1. The molecule has 1 aliphatic rings. The lowest BCUT2D eigenvalue weighted by atomic mass is 10.1.